The number of nitrogen functional groups attached to an aromatic ring is 1. The lowest BCUT2D eigenvalue weighted by molar-refractivity contribution is 0.898. The summed E-state index contributed by atoms with van der Waals surface area (Å²) in [5, 5.41) is 6.04. The Morgan fingerprint density at radius 3 is 3.10 bits per heavy atom. The molecule has 4 rings (SSSR count). The molecule has 1 aromatic carbocycles. The second-order valence-corrected chi connectivity index (χ2v) is 5.75. The van der Waals surface area contributed by atoms with E-state index in [2.05, 4.69) is 20.1 Å². The fourth-order valence-electron chi connectivity index (χ4n) is 2.24. The van der Waals surface area contributed by atoms with Crippen molar-refractivity contribution >= 4 is 34.0 Å². The topological polar surface area (TPSA) is 84.9 Å². The lowest BCUT2D eigenvalue weighted by atomic mass is 10.3. The maximum absolute atomic E-state index is 5.78. The van der Waals surface area contributed by atoms with Gasteiger partial charge in [-0.3, -0.25) is 0 Å². The predicted molar refractivity (Wildman–Crippen MR) is 82.4 cm³/mol. The quantitative estimate of drug-likeness (QED) is 0.555. The number of hydrogen-bond donors (Lipinski definition) is 2. The monoisotopic (exact) mass is 296 g/mol. The van der Waals surface area contributed by atoms with Crippen molar-refractivity contribution in [2.24, 2.45) is 0 Å². The molecule has 0 amide bonds. The third-order valence-electron chi connectivity index (χ3n) is 3.15. The third kappa shape index (κ3) is 2.11. The predicted octanol–water partition coefficient (Wildman–Crippen LogP) is 2.65. The molecule has 6 nitrogen and oxygen atoms in total. The maximum Gasteiger partial charge on any atom is 0.172 e. The molecular weight excluding hydrogens is 284 g/mol. The van der Waals surface area contributed by atoms with Crippen LogP contribution >= 0.6 is 11.8 Å². The van der Waals surface area contributed by atoms with Gasteiger partial charge in [0, 0.05) is 18.1 Å². The van der Waals surface area contributed by atoms with Crippen LogP contribution in [-0.2, 0) is 0 Å². The number of nitrogens with two attached hydrogens (primary N) is 1. The van der Waals surface area contributed by atoms with E-state index in [0.717, 1.165) is 32.4 Å². The number of aryl methyl sites for hydroxylation is 1. The van der Waals surface area contributed by atoms with Gasteiger partial charge in [0.15, 0.2) is 5.16 Å². The third-order valence-corrected chi connectivity index (χ3v) is 4.05. The van der Waals surface area contributed by atoms with Gasteiger partial charge in [-0.15, -0.1) is 0 Å². The molecular formula is C14H12N6S. The highest BCUT2D eigenvalue weighted by molar-refractivity contribution is 7.99. The van der Waals surface area contributed by atoms with Gasteiger partial charge in [-0.1, -0.05) is 0 Å². The summed E-state index contributed by atoms with van der Waals surface area (Å²) in [6.07, 6.45) is 3.58. The van der Waals surface area contributed by atoms with Crippen LogP contribution in [0.25, 0.3) is 16.6 Å². The Kier molecular flexibility index (Phi) is 2.61. The molecule has 3 N–H and O–H groups in total. The van der Waals surface area contributed by atoms with Gasteiger partial charge in [0.2, 0.25) is 0 Å². The van der Waals surface area contributed by atoms with Gasteiger partial charge in [0.1, 0.15) is 5.03 Å². The van der Waals surface area contributed by atoms with Crippen LogP contribution in [0.4, 0.5) is 5.69 Å². The van der Waals surface area contributed by atoms with E-state index in [9.17, 15) is 0 Å². The minimum absolute atomic E-state index is 0.717. The molecule has 3 heterocycles. The number of rotatable bonds is 2. The number of hydrogen-bond acceptors (Lipinski definition) is 5. The summed E-state index contributed by atoms with van der Waals surface area (Å²) in [5.41, 5.74) is 10.3. The van der Waals surface area contributed by atoms with Gasteiger partial charge in [0.05, 0.1) is 22.2 Å². The Morgan fingerprint density at radius 2 is 2.19 bits per heavy atom. The average molecular weight is 296 g/mol. The van der Waals surface area contributed by atoms with Crippen LogP contribution in [0, 0.1) is 6.92 Å². The second kappa shape index (κ2) is 4.49. The molecule has 0 fully saturated rings. The van der Waals surface area contributed by atoms with Crippen LogP contribution in [0.1, 0.15) is 5.69 Å². The molecule has 0 radical (unpaired) electrons. The van der Waals surface area contributed by atoms with Gasteiger partial charge in [0.25, 0.3) is 0 Å². The lowest BCUT2D eigenvalue weighted by Crippen LogP contribution is -1.91. The minimum Gasteiger partial charge on any atom is -0.399 e. The molecule has 0 spiro atoms. The Balaban J connectivity index is 1.78. The number of benzene rings is 1. The van der Waals surface area contributed by atoms with Crippen LogP contribution in [0.15, 0.2) is 46.8 Å². The average Bonchev–Trinajstić information content (AvgIpc) is 3.01. The molecule has 0 unspecified atom stereocenters. The number of aromatic nitrogens is 5. The van der Waals surface area contributed by atoms with Crippen LogP contribution in [0.2, 0.25) is 0 Å². The Hall–Kier alpha value is -2.54. The highest BCUT2D eigenvalue weighted by atomic mass is 32.2. The highest BCUT2D eigenvalue weighted by Crippen LogP contribution is 2.29. The second-order valence-electron chi connectivity index (χ2n) is 4.77. The van der Waals surface area contributed by atoms with Crippen molar-refractivity contribution in [3.63, 3.8) is 0 Å². The molecule has 3 aromatic heterocycles. The zero-order chi connectivity index (χ0) is 14.4. The first-order chi connectivity index (χ1) is 10.2. The Morgan fingerprint density at radius 1 is 1.29 bits per heavy atom. The number of imidazole rings is 1. The molecule has 0 atom stereocenters. The number of aromatic amines is 1. The highest BCUT2D eigenvalue weighted by Gasteiger charge is 2.10. The van der Waals surface area contributed by atoms with E-state index in [0.29, 0.717) is 5.69 Å². The summed E-state index contributed by atoms with van der Waals surface area (Å²) >= 11 is 1.48. The Labute approximate surface area is 124 Å². The molecule has 0 bridgehead atoms. The maximum atomic E-state index is 5.78. The molecule has 0 aliphatic heterocycles. The molecule has 0 aliphatic carbocycles. The first-order valence-corrected chi connectivity index (χ1v) is 7.25. The fourth-order valence-corrected chi connectivity index (χ4v) is 3.10. The summed E-state index contributed by atoms with van der Waals surface area (Å²) in [6, 6.07) is 7.64. The van der Waals surface area contributed by atoms with E-state index in [1.165, 1.54) is 11.8 Å². The summed E-state index contributed by atoms with van der Waals surface area (Å²) < 4.78 is 1.82. The molecule has 4 aromatic rings. The van der Waals surface area contributed by atoms with Gasteiger partial charge < -0.3 is 10.7 Å². The smallest absolute Gasteiger partial charge is 0.172 e. The van der Waals surface area contributed by atoms with E-state index < -0.39 is 0 Å². The fraction of sp³-hybridized carbons (Fsp3) is 0.0714. The van der Waals surface area contributed by atoms with Crippen molar-refractivity contribution in [2.45, 2.75) is 17.1 Å². The normalized spacial score (nSPS) is 11.5. The number of H-pyrrole nitrogens is 1. The van der Waals surface area contributed by atoms with Crippen molar-refractivity contribution in [3.05, 3.63) is 42.4 Å². The molecule has 0 aliphatic rings. The van der Waals surface area contributed by atoms with Crippen molar-refractivity contribution in [2.75, 3.05) is 5.73 Å². The van der Waals surface area contributed by atoms with Crippen molar-refractivity contribution in [1.29, 1.82) is 0 Å². The molecule has 7 heteroatoms. The number of nitrogens with zero attached hydrogens (tertiary/aromatic N) is 4. The van der Waals surface area contributed by atoms with Crippen molar-refractivity contribution < 1.29 is 0 Å². The van der Waals surface area contributed by atoms with E-state index >= 15 is 0 Å². The van der Waals surface area contributed by atoms with Crippen LogP contribution in [0.5, 0.6) is 0 Å². The van der Waals surface area contributed by atoms with Gasteiger partial charge in [-0.25, -0.2) is 14.5 Å². The summed E-state index contributed by atoms with van der Waals surface area (Å²) in [7, 11) is 0. The van der Waals surface area contributed by atoms with E-state index in [1.807, 2.05) is 41.9 Å². The van der Waals surface area contributed by atoms with Crippen molar-refractivity contribution in [3.8, 4) is 0 Å². The summed E-state index contributed by atoms with van der Waals surface area (Å²) in [4.78, 5) is 12.2. The molecule has 21 heavy (non-hydrogen) atoms. The zero-order valence-electron chi connectivity index (χ0n) is 11.2. The first kappa shape index (κ1) is 12.2. The van der Waals surface area contributed by atoms with Crippen molar-refractivity contribution in [1.82, 2.24) is 24.6 Å². The van der Waals surface area contributed by atoms with E-state index in [4.69, 9.17) is 5.73 Å². The summed E-state index contributed by atoms with van der Waals surface area (Å²) in [5.74, 6) is 0. The van der Waals surface area contributed by atoms with Crippen LogP contribution < -0.4 is 5.73 Å². The number of fused-ring (bicyclic) bond motifs is 2. The molecule has 0 saturated carbocycles. The van der Waals surface area contributed by atoms with E-state index in [1.54, 1.807) is 6.20 Å². The standard InChI is InChI=1S/C14H12N6S/c1-8-6-12-13(16-4-5-20(12)19-8)21-14-17-10-3-2-9(15)7-11(10)18-14/h2-7H,15H2,1H3,(H,17,18). The van der Waals surface area contributed by atoms with Gasteiger partial charge in [-0.05, 0) is 43.0 Å². The first-order valence-electron chi connectivity index (χ1n) is 6.43. The number of nitrogens with one attached hydrogen (secondary N) is 1. The van der Waals surface area contributed by atoms with E-state index in [-0.39, 0.29) is 0 Å². The largest absolute Gasteiger partial charge is 0.399 e. The molecule has 104 valence electrons. The summed E-state index contributed by atoms with van der Waals surface area (Å²) in [6.45, 7) is 1.96. The van der Waals surface area contributed by atoms with Crippen LogP contribution in [-0.4, -0.2) is 24.6 Å². The van der Waals surface area contributed by atoms with Crippen LogP contribution in [0.3, 0.4) is 0 Å². The SMILES string of the molecule is Cc1cc2c(Sc3nc4ccc(N)cc4[nH]3)nccn2n1. The molecule has 0 saturated heterocycles. The Bertz CT molecular complexity index is 955. The lowest BCUT2D eigenvalue weighted by Gasteiger charge is -1.99. The minimum atomic E-state index is 0.717. The van der Waals surface area contributed by atoms with Gasteiger partial charge >= 0.3 is 0 Å². The zero-order valence-corrected chi connectivity index (χ0v) is 12.1. The van der Waals surface area contributed by atoms with Gasteiger partial charge in [-0.2, -0.15) is 5.10 Å². The number of anilines is 1.